The number of aryl methyl sites for hydroxylation is 1. The van der Waals surface area contributed by atoms with E-state index in [-0.39, 0.29) is 17.9 Å². The number of carbonyl (C=O) groups excluding carboxylic acids is 2. The van der Waals surface area contributed by atoms with Gasteiger partial charge in [-0.25, -0.2) is 4.98 Å². The number of rotatable bonds is 6. The summed E-state index contributed by atoms with van der Waals surface area (Å²) in [5.74, 6) is 0.722. The van der Waals surface area contributed by atoms with Gasteiger partial charge in [0.1, 0.15) is 0 Å². The number of amides is 2. The minimum absolute atomic E-state index is 0.0177. The molecule has 0 bridgehead atoms. The number of methoxy groups -OCH3 is 1. The number of hydrogen-bond acceptors (Lipinski definition) is 5. The highest BCUT2D eigenvalue weighted by atomic mass is 16.5. The Morgan fingerprint density at radius 1 is 1.38 bits per heavy atom. The van der Waals surface area contributed by atoms with Crippen molar-refractivity contribution in [3.8, 4) is 0 Å². The second kappa shape index (κ2) is 7.74. The lowest BCUT2D eigenvalue weighted by molar-refractivity contribution is -0.132. The predicted octanol–water partition coefficient (Wildman–Crippen LogP) is 0.982. The number of piperidine rings is 1. The Hall–Kier alpha value is -2.61. The zero-order chi connectivity index (χ0) is 18.7. The number of benzene rings is 1. The minimum Gasteiger partial charge on any atom is -0.383 e. The van der Waals surface area contributed by atoms with E-state index in [1.807, 2.05) is 17.7 Å². The standard InChI is InChI=1S/C18H25N5O3/c1-22-11-13(5-7-16(22)24)20-17(25)12-4-6-15-14(10-12)21-18(23(15)2)19-8-9-26-3/h4,6,10,13H,5,7-9,11H2,1-3H3,(H,19,21)(H,20,25)/t13-/m0/s1. The zero-order valence-corrected chi connectivity index (χ0v) is 15.4. The normalized spacial score (nSPS) is 17.6. The number of likely N-dealkylation sites (N-methyl/N-ethyl adjacent to an activating group) is 1. The Kier molecular flexibility index (Phi) is 5.41. The Balaban J connectivity index is 1.71. The van der Waals surface area contributed by atoms with Crippen LogP contribution in [0.1, 0.15) is 23.2 Å². The maximum absolute atomic E-state index is 12.6. The smallest absolute Gasteiger partial charge is 0.251 e. The predicted molar refractivity (Wildman–Crippen MR) is 99.2 cm³/mol. The van der Waals surface area contributed by atoms with Crippen molar-refractivity contribution in [2.45, 2.75) is 18.9 Å². The molecule has 0 saturated carbocycles. The van der Waals surface area contributed by atoms with Crippen LogP contribution in [-0.4, -0.2) is 66.2 Å². The molecule has 1 aromatic carbocycles. The van der Waals surface area contributed by atoms with Gasteiger partial charge in [0.05, 0.1) is 17.6 Å². The number of nitrogens with one attached hydrogen (secondary N) is 2. The van der Waals surface area contributed by atoms with Gasteiger partial charge in [-0.15, -0.1) is 0 Å². The third kappa shape index (κ3) is 3.80. The summed E-state index contributed by atoms with van der Waals surface area (Å²) in [6.45, 7) is 1.80. The molecule has 1 aromatic heterocycles. The fourth-order valence-electron chi connectivity index (χ4n) is 3.16. The zero-order valence-electron chi connectivity index (χ0n) is 15.4. The van der Waals surface area contributed by atoms with Crippen LogP contribution >= 0.6 is 0 Å². The van der Waals surface area contributed by atoms with Crippen molar-refractivity contribution in [1.29, 1.82) is 0 Å². The van der Waals surface area contributed by atoms with E-state index >= 15 is 0 Å². The van der Waals surface area contributed by atoms with Crippen molar-refractivity contribution < 1.29 is 14.3 Å². The topological polar surface area (TPSA) is 88.5 Å². The molecule has 140 valence electrons. The summed E-state index contributed by atoms with van der Waals surface area (Å²) in [7, 11) is 5.35. The molecule has 0 radical (unpaired) electrons. The monoisotopic (exact) mass is 359 g/mol. The summed E-state index contributed by atoms with van der Waals surface area (Å²) in [6.07, 6.45) is 1.14. The molecule has 3 rings (SSSR count). The Morgan fingerprint density at radius 3 is 2.92 bits per heavy atom. The number of aromatic nitrogens is 2. The van der Waals surface area contributed by atoms with Crippen LogP contribution in [0.2, 0.25) is 0 Å². The quantitative estimate of drug-likeness (QED) is 0.751. The van der Waals surface area contributed by atoms with Crippen LogP contribution in [0.25, 0.3) is 11.0 Å². The summed E-state index contributed by atoms with van der Waals surface area (Å²) >= 11 is 0. The molecule has 2 amide bonds. The number of nitrogens with zero attached hydrogens (tertiary/aromatic N) is 3. The van der Waals surface area contributed by atoms with Gasteiger partial charge in [-0.05, 0) is 24.6 Å². The van der Waals surface area contributed by atoms with E-state index < -0.39 is 0 Å². The first-order chi connectivity index (χ1) is 12.5. The first-order valence-corrected chi connectivity index (χ1v) is 8.73. The van der Waals surface area contributed by atoms with Crippen LogP contribution in [0.15, 0.2) is 18.2 Å². The molecule has 8 nitrogen and oxygen atoms in total. The molecule has 2 heterocycles. The minimum atomic E-state index is -0.140. The van der Waals surface area contributed by atoms with E-state index in [9.17, 15) is 9.59 Å². The van der Waals surface area contributed by atoms with Crippen molar-refractivity contribution >= 4 is 28.8 Å². The third-order valence-corrected chi connectivity index (χ3v) is 4.69. The van der Waals surface area contributed by atoms with Crippen LogP contribution in [0.4, 0.5) is 5.95 Å². The van der Waals surface area contributed by atoms with Crippen molar-refractivity contribution in [2.75, 3.05) is 39.2 Å². The van der Waals surface area contributed by atoms with Gasteiger partial charge in [0, 0.05) is 52.3 Å². The SMILES string of the molecule is COCCNc1nc2cc(C(=O)N[C@H]3CCC(=O)N(C)C3)ccc2n1C. The maximum atomic E-state index is 12.6. The highest BCUT2D eigenvalue weighted by Gasteiger charge is 2.24. The van der Waals surface area contributed by atoms with Gasteiger partial charge in [-0.1, -0.05) is 0 Å². The van der Waals surface area contributed by atoms with Crippen molar-refractivity contribution in [3.63, 3.8) is 0 Å². The van der Waals surface area contributed by atoms with Crippen molar-refractivity contribution in [3.05, 3.63) is 23.8 Å². The molecule has 1 aliphatic heterocycles. The average molecular weight is 359 g/mol. The Morgan fingerprint density at radius 2 is 2.19 bits per heavy atom. The first kappa shape index (κ1) is 18.2. The molecule has 1 saturated heterocycles. The van der Waals surface area contributed by atoms with E-state index in [0.717, 1.165) is 17.0 Å². The Labute approximate surface area is 152 Å². The fourth-order valence-corrected chi connectivity index (χ4v) is 3.16. The van der Waals surface area contributed by atoms with Gasteiger partial charge in [0.2, 0.25) is 11.9 Å². The summed E-state index contributed by atoms with van der Waals surface area (Å²) in [5, 5.41) is 6.23. The fraction of sp³-hybridized carbons (Fsp3) is 0.500. The molecule has 1 aliphatic rings. The van der Waals surface area contributed by atoms with E-state index in [1.54, 1.807) is 31.2 Å². The highest BCUT2D eigenvalue weighted by molar-refractivity contribution is 5.98. The molecule has 8 heteroatoms. The molecule has 0 aliphatic carbocycles. The number of anilines is 1. The molecule has 2 N–H and O–H groups in total. The van der Waals surface area contributed by atoms with Gasteiger partial charge in [-0.3, -0.25) is 9.59 Å². The molecule has 0 unspecified atom stereocenters. The van der Waals surface area contributed by atoms with E-state index in [1.165, 1.54) is 0 Å². The summed E-state index contributed by atoms with van der Waals surface area (Å²) < 4.78 is 6.99. The molecular weight excluding hydrogens is 334 g/mol. The van der Waals surface area contributed by atoms with Gasteiger partial charge >= 0.3 is 0 Å². The summed E-state index contributed by atoms with van der Waals surface area (Å²) in [5.41, 5.74) is 2.28. The second-order valence-corrected chi connectivity index (χ2v) is 6.60. The van der Waals surface area contributed by atoms with Crippen LogP contribution in [0, 0.1) is 0 Å². The summed E-state index contributed by atoms with van der Waals surface area (Å²) in [4.78, 5) is 30.3. The first-order valence-electron chi connectivity index (χ1n) is 8.73. The van der Waals surface area contributed by atoms with Gasteiger partial charge < -0.3 is 24.8 Å². The lowest BCUT2D eigenvalue weighted by Crippen LogP contribution is -2.48. The van der Waals surface area contributed by atoms with E-state index in [4.69, 9.17) is 4.74 Å². The van der Waals surface area contributed by atoms with Gasteiger partial charge in [0.25, 0.3) is 5.91 Å². The lowest BCUT2D eigenvalue weighted by Gasteiger charge is -2.30. The van der Waals surface area contributed by atoms with E-state index in [0.29, 0.717) is 38.1 Å². The molecule has 1 fully saturated rings. The number of imidazole rings is 1. The number of hydrogen-bond donors (Lipinski definition) is 2. The number of fused-ring (bicyclic) bond motifs is 1. The Bertz CT molecular complexity index is 817. The molecule has 2 aromatic rings. The maximum Gasteiger partial charge on any atom is 0.251 e. The highest BCUT2D eigenvalue weighted by Crippen LogP contribution is 2.20. The summed E-state index contributed by atoms with van der Waals surface area (Å²) in [6, 6.07) is 5.48. The van der Waals surface area contributed by atoms with Crippen LogP contribution in [0.5, 0.6) is 0 Å². The van der Waals surface area contributed by atoms with Crippen LogP contribution in [-0.2, 0) is 16.6 Å². The second-order valence-electron chi connectivity index (χ2n) is 6.60. The molecule has 1 atom stereocenters. The van der Waals surface area contributed by atoms with Gasteiger partial charge in [0.15, 0.2) is 0 Å². The third-order valence-electron chi connectivity index (χ3n) is 4.69. The lowest BCUT2D eigenvalue weighted by atomic mass is 10.0. The van der Waals surface area contributed by atoms with Crippen molar-refractivity contribution in [2.24, 2.45) is 7.05 Å². The molecular formula is C18H25N5O3. The van der Waals surface area contributed by atoms with Crippen molar-refractivity contribution in [1.82, 2.24) is 19.8 Å². The largest absolute Gasteiger partial charge is 0.383 e. The molecule has 26 heavy (non-hydrogen) atoms. The number of likely N-dealkylation sites (tertiary alicyclic amines) is 1. The number of carbonyl (C=O) groups is 2. The molecule has 0 spiro atoms. The number of ether oxygens (including phenoxy) is 1. The average Bonchev–Trinajstić information content (AvgIpc) is 2.94. The van der Waals surface area contributed by atoms with Crippen LogP contribution < -0.4 is 10.6 Å². The van der Waals surface area contributed by atoms with E-state index in [2.05, 4.69) is 15.6 Å². The van der Waals surface area contributed by atoms with Crippen LogP contribution in [0.3, 0.4) is 0 Å². The van der Waals surface area contributed by atoms with Gasteiger partial charge in [-0.2, -0.15) is 0 Å².